The molecule has 0 saturated carbocycles. The molecular formula is C16H16ClNO. The molecule has 0 spiro atoms. The van der Waals surface area contributed by atoms with Gasteiger partial charge in [0.15, 0.2) is 0 Å². The molecule has 0 aliphatic carbocycles. The van der Waals surface area contributed by atoms with Gasteiger partial charge in [-0.3, -0.25) is 4.90 Å². The minimum absolute atomic E-state index is 0.314. The van der Waals surface area contributed by atoms with Crippen molar-refractivity contribution in [3.63, 3.8) is 0 Å². The molecule has 0 unspecified atom stereocenters. The van der Waals surface area contributed by atoms with Crippen LogP contribution < -0.4 is 0 Å². The average molecular weight is 274 g/mol. The van der Waals surface area contributed by atoms with Crippen LogP contribution in [0, 0.1) is 6.92 Å². The van der Waals surface area contributed by atoms with Crippen molar-refractivity contribution < 1.29 is 5.11 Å². The van der Waals surface area contributed by atoms with Crippen LogP contribution in [0.5, 0.6) is 5.75 Å². The lowest BCUT2D eigenvalue weighted by atomic mass is 9.95. The number of hydrogen-bond acceptors (Lipinski definition) is 2. The number of halogens is 1. The fourth-order valence-electron chi connectivity index (χ4n) is 2.73. The van der Waals surface area contributed by atoms with E-state index in [4.69, 9.17) is 11.6 Å². The molecule has 1 heterocycles. The lowest BCUT2D eigenvalue weighted by molar-refractivity contribution is 0.322. The minimum Gasteiger partial charge on any atom is -0.508 e. The van der Waals surface area contributed by atoms with E-state index in [0.717, 1.165) is 29.2 Å². The van der Waals surface area contributed by atoms with Crippen molar-refractivity contribution in [3.8, 4) is 16.9 Å². The smallest absolute Gasteiger partial charge is 0.115 e. The second kappa shape index (κ2) is 4.55. The Kier molecular flexibility index (Phi) is 3.00. The highest BCUT2D eigenvalue weighted by Crippen LogP contribution is 2.36. The van der Waals surface area contributed by atoms with Crippen LogP contribution in [0.2, 0.25) is 5.02 Å². The van der Waals surface area contributed by atoms with Crippen LogP contribution in [-0.2, 0) is 13.1 Å². The number of hydrogen-bond donors (Lipinski definition) is 1. The average Bonchev–Trinajstić information content (AvgIpc) is 2.45. The predicted octanol–water partition coefficient (Wildman–Crippen LogP) is 3.97. The highest BCUT2D eigenvalue weighted by molar-refractivity contribution is 6.31. The summed E-state index contributed by atoms with van der Waals surface area (Å²) in [5.41, 5.74) is 5.88. The van der Waals surface area contributed by atoms with Gasteiger partial charge >= 0.3 is 0 Å². The number of aromatic hydroxyl groups is 1. The first kappa shape index (κ1) is 12.5. The van der Waals surface area contributed by atoms with Gasteiger partial charge in [0.05, 0.1) is 0 Å². The van der Waals surface area contributed by atoms with Crippen LogP contribution in [0.4, 0.5) is 0 Å². The van der Waals surface area contributed by atoms with Crippen molar-refractivity contribution in [1.82, 2.24) is 4.90 Å². The molecule has 0 aromatic heterocycles. The molecule has 19 heavy (non-hydrogen) atoms. The fourth-order valence-corrected chi connectivity index (χ4v) is 2.90. The van der Waals surface area contributed by atoms with E-state index in [1.165, 1.54) is 16.7 Å². The first-order valence-corrected chi connectivity index (χ1v) is 6.72. The predicted molar refractivity (Wildman–Crippen MR) is 78.5 cm³/mol. The highest BCUT2D eigenvalue weighted by Gasteiger charge is 2.18. The molecule has 0 atom stereocenters. The van der Waals surface area contributed by atoms with Gasteiger partial charge in [-0.15, -0.1) is 0 Å². The topological polar surface area (TPSA) is 23.5 Å². The van der Waals surface area contributed by atoms with E-state index in [1.807, 2.05) is 25.1 Å². The molecule has 3 heteroatoms. The normalized spacial score (nSPS) is 14.7. The summed E-state index contributed by atoms with van der Waals surface area (Å²) in [6.07, 6.45) is 0. The van der Waals surface area contributed by atoms with Crippen molar-refractivity contribution >= 4 is 11.6 Å². The van der Waals surface area contributed by atoms with Gasteiger partial charge in [-0.1, -0.05) is 23.7 Å². The Morgan fingerprint density at radius 1 is 1.05 bits per heavy atom. The van der Waals surface area contributed by atoms with Crippen LogP contribution >= 0.6 is 11.6 Å². The SMILES string of the molecule is Cc1cc2c(cc1Cl)-c1ccc(O)cc1CN(C)C2. The molecule has 2 aromatic rings. The second-order valence-corrected chi connectivity index (χ2v) is 5.68. The van der Waals surface area contributed by atoms with Gasteiger partial charge in [-0.05, 0) is 60.0 Å². The third-order valence-electron chi connectivity index (χ3n) is 3.64. The summed E-state index contributed by atoms with van der Waals surface area (Å²) in [4.78, 5) is 2.25. The summed E-state index contributed by atoms with van der Waals surface area (Å²) >= 11 is 6.27. The Balaban J connectivity index is 2.28. The van der Waals surface area contributed by atoms with Crippen LogP contribution in [0.15, 0.2) is 30.3 Å². The molecule has 0 saturated heterocycles. The summed E-state index contributed by atoms with van der Waals surface area (Å²) < 4.78 is 0. The summed E-state index contributed by atoms with van der Waals surface area (Å²) in [5, 5.41) is 10.5. The van der Waals surface area contributed by atoms with Gasteiger partial charge < -0.3 is 5.11 Å². The van der Waals surface area contributed by atoms with Gasteiger partial charge in [0.25, 0.3) is 0 Å². The molecule has 0 radical (unpaired) electrons. The van der Waals surface area contributed by atoms with Crippen LogP contribution in [-0.4, -0.2) is 17.1 Å². The monoisotopic (exact) mass is 273 g/mol. The Morgan fingerprint density at radius 2 is 1.74 bits per heavy atom. The van der Waals surface area contributed by atoms with Crippen LogP contribution in [0.1, 0.15) is 16.7 Å². The van der Waals surface area contributed by atoms with Crippen LogP contribution in [0.25, 0.3) is 11.1 Å². The standard InChI is InChI=1S/C16H16ClNO/c1-10-5-11-8-18(2)9-12-6-13(19)3-4-14(12)15(11)7-16(10)17/h3-7,19H,8-9H2,1-2H3. The van der Waals surface area contributed by atoms with Gasteiger partial charge in [-0.2, -0.15) is 0 Å². The molecule has 0 bridgehead atoms. The maximum Gasteiger partial charge on any atom is 0.115 e. The molecular weight excluding hydrogens is 258 g/mol. The van der Waals surface area contributed by atoms with Gasteiger partial charge in [0.2, 0.25) is 0 Å². The van der Waals surface area contributed by atoms with E-state index in [9.17, 15) is 5.11 Å². The molecule has 1 aliphatic rings. The van der Waals surface area contributed by atoms with E-state index in [-0.39, 0.29) is 0 Å². The Bertz CT molecular complexity index is 651. The van der Waals surface area contributed by atoms with Crippen molar-refractivity contribution in [2.24, 2.45) is 0 Å². The van der Waals surface area contributed by atoms with E-state index < -0.39 is 0 Å². The number of phenolic OH excluding ortho intramolecular Hbond substituents is 1. The second-order valence-electron chi connectivity index (χ2n) is 5.27. The lowest BCUT2D eigenvalue weighted by Gasteiger charge is -2.14. The molecule has 0 fully saturated rings. The molecule has 98 valence electrons. The largest absolute Gasteiger partial charge is 0.508 e. The third kappa shape index (κ3) is 2.22. The van der Waals surface area contributed by atoms with Crippen molar-refractivity contribution in [2.45, 2.75) is 20.0 Å². The summed E-state index contributed by atoms with van der Waals surface area (Å²) in [6, 6.07) is 9.77. The van der Waals surface area contributed by atoms with Crippen molar-refractivity contribution in [2.75, 3.05) is 7.05 Å². The summed E-state index contributed by atoms with van der Waals surface area (Å²) in [6.45, 7) is 3.75. The lowest BCUT2D eigenvalue weighted by Crippen LogP contribution is -2.15. The molecule has 3 rings (SSSR count). The quantitative estimate of drug-likeness (QED) is 0.785. The Labute approximate surface area is 118 Å². The van der Waals surface area contributed by atoms with Crippen molar-refractivity contribution in [1.29, 1.82) is 0 Å². The maximum absolute atomic E-state index is 9.67. The van der Waals surface area contributed by atoms with Gasteiger partial charge in [0, 0.05) is 18.1 Å². The van der Waals surface area contributed by atoms with Gasteiger partial charge in [-0.25, -0.2) is 0 Å². The number of rotatable bonds is 0. The minimum atomic E-state index is 0.314. The first-order chi connectivity index (χ1) is 9.04. The molecule has 1 N–H and O–H groups in total. The third-order valence-corrected chi connectivity index (χ3v) is 4.05. The molecule has 2 aromatic carbocycles. The first-order valence-electron chi connectivity index (χ1n) is 6.34. The zero-order valence-electron chi connectivity index (χ0n) is 11.1. The fraction of sp³-hybridized carbons (Fsp3) is 0.250. The van der Waals surface area contributed by atoms with Crippen LogP contribution in [0.3, 0.4) is 0 Å². The number of nitrogens with zero attached hydrogens (tertiary/aromatic N) is 1. The van der Waals surface area contributed by atoms with Gasteiger partial charge in [0.1, 0.15) is 5.75 Å². The number of phenols is 1. The number of benzene rings is 2. The molecule has 1 aliphatic heterocycles. The van der Waals surface area contributed by atoms with E-state index in [0.29, 0.717) is 5.75 Å². The summed E-state index contributed by atoms with van der Waals surface area (Å²) in [7, 11) is 2.09. The van der Waals surface area contributed by atoms with E-state index in [2.05, 4.69) is 18.0 Å². The van der Waals surface area contributed by atoms with E-state index in [1.54, 1.807) is 6.07 Å². The number of fused-ring (bicyclic) bond motifs is 3. The Hall–Kier alpha value is -1.51. The Morgan fingerprint density at radius 3 is 2.47 bits per heavy atom. The highest BCUT2D eigenvalue weighted by atomic mass is 35.5. The summed E-state index contributed by atoms with van der Waals surface area (Å²) in [5.74, 6) is 0.314. The van der Waals surface area contributed by atoms with E-state index >= 15 is 0 Å². The maximum atomic E-state index is 9.67. The van der Waals surface area contributed by atoms with Crippen molar-refractivity contribution in [3.05, 3.63) is 52.0 Å². The molecule has 2 nitrogen and oxygen atoms in total. The zero-order chi connectivity index (χ0) is 13.6. The molecule has 0 amide bonds. The zero-order valence-corrected chi connectivity index (χ0v) is 11.8. The number of aryl methyl sites for hydroxylation is 1.